The van der Waals surface area contributed by atoms with Crippen LogP contribution in [0.15, 0.2) is 30.5 Å². The van der Waals surface area contributed by atoms with Gasteiger partial charge in [-0.25, -0.2) is 13.2 Å². The second kappa shape index (κ2) is 8.48. The standard InChI is InChI=1S/C17H19F3N4O/c1-24(2)9-3-7-22-17(25)14-10-11(6-8-21-14)23-13-5-4-12(18)15(19)16(13)20/h4-6,8,10H,3,7,9H2,1-2H3,(H,21,23)(H,22,25). The summed E-state index contributed by atoms with van der Waals surface area (Å²) in [5.41, 5.74) is 0.235. The summed E-state index contributed by atoms with van der Waals surface area (Å²) in [5, 5.41) is 5.34. The van der Waals surface area contributed by atoms with E-state index in [2.05, 4.69) is 15.6 Å². The molecule has 8 heteroatoms. The molecule has 1 heterocycles. The van der Waals surface area contributed by atoms with Crippen LogP contribution in [-0.2, 0) is 0 Å². The average Bonchev–Trinajstić information content (AvgIpc) is 2.59. The summed E-state index contributed by atoms with van der Waals surface area (Å²) in [6.45, 7) is 1.33. The number of nitrogens with one attached hydrogen (secondary N) is 2. The van der Waals surface area contributed by atoms with Crippen molar-refractivity contribution in [2.45, 2.75) is 6.42 Å². The van der Waals surface area contributed by atoms with E-state index in [1.807, 2.05) is 19.0 Å². The van der Waals surface area contributed by atoms with Gasteiger partial charge in [0.15, 0.2) is 17.5 Å². The first-order chi connectivity index (χ1) is 11.9. The second-order valence-electron chi connectivity index (χ2n) is 5.69. The Morgan fingerprint density at radius 2 is 1.92 bits per heavy atom. The number of carbonyl (C=O) groups excluding carboxylic acids is 1. The summed E-state index contributed by atoms with van der Waals surface area (Å²) < 4.78 is 39.9. The van der Waals surface area contributed by atoms with Gasteiger partial charge in [0, 0.05) is 18.4 Å². The van der Waals surface area contributed by atoms with Crippen LogP contribution in [0.4, 0.5) is 24.5 Å². The van der Waals surface area contributed by atoms with Crippen LogP contribution < -0.4 is 10.6 Å². The normalized spacial score (nSPS) is 10.8. The summed E-state index contributed by atoms with van der Waals surface area (Å²) in [6, 6.07) is 4.79. The number of nitrogens with zero attached hydrogens (tertiary/aromatic N) is 2. The van der Waals surface area contributed by atoms with Crippen LogP contribution in [0.25, 0.3) is 0 Å². The number of hydrogen-bond acceptors (Lipinski definition) is 4. The van der Waals surface area contributed by atoms with E-state index in [0.717, 1.165) is 25.1 Å². The van der Waals surface area contributed by atoms with E-state index in [1.165, 1.54) is 18.3 Å². The van der Waals surface area contributed by atoms with Gasteiger partial charge >= 0.3 is 0 Å². The van der Waals surface area contributed by atoms with E-state index in [1.54, 1.807) is 0 Å². The van der Waals surface area contributed by atoms with E-state index in [9.17, 15) is 18.0 Å². The highest BCUT2D eigenvalue weighted by Gasteiger charge is 2.14. The van der Waals surface area contributed by atoms with Gasteiger partial charge in [0.25, 0.3) is 5.91 Å². The SMILES string of the molecule is CN(C)CCCNC(=O)c1cc(Nc2ccc(F)c(F)c2F)ccn1. The summed E-state index contributed by atoms with van der Waals surface area (Å²) in [7, 11) is 3.88. The van der Waals surface area contributed by atoms with E-state index >= 15 is 0 Å². The highest BCUT2D eigenvalue weighted by molar-refractivity contribution is 5.93. The third-order valence-electron chi connectivity index (χ3n) is 3.37. The largest absolute Gasteiger partial charge is 0.353 e. The van der Waals surface area contributed by atoms with Crippen LogP contribution >= 0.6 is 0 Å². The van der Waals surface area contributed by atoms with Crippen molar-refractivity contribution in [1.82, 2.24) is 15.2 Å². The molecule has 2 rings (SSSR count). The van der Waals surface area contributed by atoms with Crippen molar-refractivity contribution in [3.63, 3.8) is 0 Å². The number of benzene rings is 1. The van der Waals surface area contributed by atoms with Crippen molar-refractivity contribution in [2.75, 3.05) is 32.5 Å². The third kappa shape index (κ3) is 5.18. The molecule has 0 saturated heterocycles. The average molecular weight is 352 g/mol. The molecule has 0 radical (unpaired) electrons. The van der Waals surface area contributed by atoms with Crippen LogP contribution in [0, 0.1) is 17.5 Å². The quantitative estimate of drug-likeness (QED) is 0.594. The molecule has 2 aromatic rings. The highest BCUT2D eigenvalue weighted by Crippen LogP contribution is 2.23. The summed E-state index contributed by atoms with van der Waals surface area (Å²) >= 11 is 0. The molecule has 134 valence electrons. The maximum Gasteiger partial charge on any atom is 0.269 e. The van der Waals surface area contributed by atoms with Gasteiger partial charge in [-0.05, 0) is 51.3 Å². The summed E-state index contributed by atoms with van der Waals surface area (Å²) in [4.78, 5) is 18.0. The molecule has 0 aliphatic carbocycles. The minimum atomic E-state index is -1.56. The number of pyridine rings is 1. The van der Waals surface area contributed by atoms with Crippen LogP contribution in [0.3, 0.4) is 0 Å². The molecular weight excluding hydrogens is 333 g/mol. The minimum Gasteiger partial charge on any atom is -0.353 e. The van der Waals surface area contributed by atoms with Crippen molar-refractivity contribution < 1.29 is 18.0 Å². The number of halogens is 3. The maximum atomic E-state index is 13.7. The Kier molecular flexibility index (Phi) is 6.35. The van der Waals surface area contributed by atoms with Crippen molar-refractivity contribution in [3.8, 4) is 0 Å². The highest BCUT2D eigenvalue weighted by atomic mass is 19.2. The number of carbonyl (C=O) groups is 1. The number of aromatic nitrogens is 1. The monoisotopic (exact) mass is 352 g/mol. The molecule has 0 bridgehead atoms. The van der Waals surface area contributed by atoms with Gasteiger partial charge in [-0.2, -0.15) is 0 Å². The number of anilines is 2. The van der Waals surface area contributed by atoms with Crippen LogP contribution in [0.2, 0.25) is 0 Å². The molecule has 0 fully saturated rings. The van der Waals surface area contributed by atoms with Crippen molar-refractivity contribution >= 4 is 17.3 Å². The van der Waals surface area contributed by atoms with Gasteiger partial charge in [-0.15, -0.1) is 0 Å². The van der Waals surface area contributed by atoms with E-state index < -0.39 is 17.5 Å². The zero-order valence-electron chi connectivity index (χ0n) is 13.9. The molecular formula is C17H19F3N4O. The lowest BCUT2D eigenvalue weighted by Gasteiger charge is -2.11. The number of hydrogen-bond donors (Lipinski definition) is 2. The number of rotatable bonds is 7. The zero-order chi connectivity index (χ0) is 18.4. The molecule has 1 aromatic carbocycles. The van der Waals surface area contributed by atoms with Gasteiger partial charge in [0.05, 0.1) is 5.69 Å². The Morgan fingerprint density at radius 3 is 2.64 bits per heavy atom. The Labute approximate surface area is 143 Å². The summed E-state index contributed by atoms with van der Waals surface area (Å²) in [6.07, 6.45) is 2.16. The molecule has 2 N–H and O–H groups in total. The van der Waals surface area contributed by atoms with E-state index in [-0.39, 0.29) is 17.3 Å². The third-order valence-corrected chi connectivity index (χ3v) is 3.37. The smallest absolute Gasteiger partial charge is 0.269 e. The molecule has 1 aromatic heterocycles. The van der Waals surface area contributed by atoms with Gasteiger partial charge in [0.2, 0.25) is 0 Å². The molecule has 0 atom stereocenters. The fraction of sp³-hybridized carbons (Fsp3) is 0.294. The van der Waals surface area contributed by atoms with Gasteiger partial charge in [-0.1, -0.05) is 0 Å². The van der Waals surface area contributed by atoms with E-state index in [4.69, 9.17) is 0 Å². The second-order valence-corrected chi connectivity index (χ2v) is 5.69. The van der Waals surface area contributed by atoms with Crippen LogP contribution in [0.1, 0.15) is 16.9 Å². The van der Waals surface area contributed by atoms with Crippen LogP contribution in [-0.4, -0.2) is 43.0 Å². The van der Waals surface area contributed by atoms with E-state index in [0.29, 0.717) is 12.2 Å². The fourth-order valence-corrected chi connectivity index (χ4v) is 2.10. The Morgan fingerprint density at radius 1 is 1.16 bits per heavy atom. The minimum absolute atomic E-state index is 0.137. The number of amides is 1. The molecule has 0 saturated carbocycles. The lowest BCUT2D eigenvalue weighted by molar-refractivity contribution is 0.0947. The topological polar surface area (TPSA) is 57.3 Å². The molecule has 0 aliphatic rings. The molecule has 0 unspecified atom stereocenters. The Hall–Kier alpha value is -2.61. The lowest BCUT2D eigenvalue weighted by Crippen LogP contribution is -2.27. The molecule has 1 amide bonds. The lowest BCUT2D eigenvalue weighted by atomic mass is 10.2. The van der Waals surface area contributed by atoms with Gasteiger partial charge in [0.1, 0.15) is 5.69 Å². The zero-order valence-corrected chi connectivity index (χ0v) is 13.9. The predicted octanol–water partition coefficient (Wildman–Crippen LogP) is 2.92. The van der Waals surface area contributed by atoms with Crippen molar-refractivity contribution in [1.29, 1.82) is 0 Å². The molecule has 0 spiro atoms. The predicted molar refractivity (Wildman–Crippen MR) is 89.3 cm³/mol. The van der Waals surface area contributed by atoms with Crippen LogP contribution in [0.5, 0.6) is 0 Å². The first kappa shape index (κ1) is 18.7. The maximum absolute atomic E-state index is 13.7. The van der Waals surface area contributed by atoms with Crippen molar-refractivity contribution in [2.24, 2.45) is 0 Å². The molecule has 5 nitrogen and oxygen atoms in total. The van der Waals surface area contributed by atoms with Crippen molar-refractivity contribution in [3.05, 3.63) is 53.6 Å². The van der Waals surface area contributed by atoms with Gasteiger partial charge in [-0.3, -0.25) is 9.78 Å². The van der Waals surface area contributed by atoms with Gasteiger partial charge < -0.3 is 15.5 Å². The first-order valence-electron chi connectivity index (χ1n) is 7.68. The summed E-state index contributed by atoms with van der Waals surface area (Å²) in [5.74, 6) is -4.52. The fourth-order valence-electron chi connectivity index (χ4n) is 2.10. The molecule has 25 heavy (non-hydrogen) atoms. The Balaban J connectivity index is 2.04. The Bertz CT molecular complexity index is 753. The molecule has 0 aliphatic heterocycles. The first-order valence-corrected chi connectivity index (χ1v) is 7.68.